The molecule has 0 N–H and O–H groups in total. The molecule has 0 spiro atoms. The molecule has 6 nitrogen and oxygen atoms in total. The van der Waals surface area contributed by atoms with Crippen molar-refractivity contribution in [2.75, 3.05) is 26.6 Å². The molecule has 0 atom stereocenters. The molecule has 39 heavy (non-hydrogen) atoms. The van der Waals surface area contributed by atoms with E-state index in [4.69, 9.17) is 18.9 Å². The number of rotatable bonds is 10. The number of fused-ring (bicyclic) bond motifs is 1. The minimum absolute atomic E-state index is 0.0490. The Hall–Kier alpha value is -4.01. The molecular weight excluding hydrogens is 532 g/mol. The Morgan fingerprint density at radius 1 is 0.744 bits per heavy atom. The number of ether oxygens (including phenoxy) is 4. The van der Waals surface area contributed by atoms with Gasteiger partial charge in [-0.1, -0.05) is 29.8 Å². The van der Waals surface area contributed by atoms with E-state index in [1.807, 2.05) is 61.5 Å². The summed E-state index contributed by atoms with van der Waals surface area (Å²) in [5.41, 5.74) is 2.00. The van der Waals surface area contributed by atoms with Crippen molar-refractivity contribution >= 4 is 31.3 Å². The molecule has 4 aromatic carbocycles. The highest BCUT2D eigenvalue weighted by Gasteiger charge is 2.18. The normalized spacial score (nSPS) is 11.4. The van der Waals surface area contributed by atoms with Crippen molar-refractivity contribution in [1.29, 1.82) is 0 Å². The lowest BCUT2D eigenvalue weighted by atomic mass is 10.1. The summed E-state index contributed by atoms with van der Waals surface area (Å²) in [4.78, 5) is 1.27. The van der Waals surface area contributed by atoms with Crippen LogP contribution in [0.1, 0.15) is 5.56 Å². The summed E-state index contributed by atoms with van der Waals surface area (Å²) < 4.78 is 49.2. The first kappa shape index (κ1) is 26.6. The third-order valence-corrected chi connectivity index (χ3v) is 9.11. The first-order chi connectivity index (χ1) is 18.9. The minimum Gasteiger partial charge on any atom is -0.497 e. The molecule has 0 aliphatic carbocycles. The first-order valence-corrected chi connectivity index (χ1v) is 14.8. The number of hydrogen-bond acceptors (Lipinski definition) is 7. The highest BCUT2D eigenvalue weighted by molar-refractivity contribution is 7.91. The number of methoxy groups -OCH3 is 2. The summed E-state index contributed by atoms with van der Waals surface area (Å²) in [6.45, 7) is 1.97. The van der Waals surface area contributed by atoms with Crippen LogP contribution in [0.5, 0.6) is 28.7 Å². The van der Waals surface area contributed by atoms with Gasteiger partial charge >= 0.3 is 0 Å². The largest absolute Gasteiger partial charge is 0.497 e. The SMILES string of the molecule is COc1cccc(-c2sc3cc(OC)ccc3c2Oc2ccc(OCCS(=O)(=O)c3ccc(C)cc3)cc2)c1. The Kier molecular flexibility index (Phi) is 7.77. The van der Waals surface area contributed by atoms with Gasteiger partial charge in [0.15, 0.2) is 15.6 Å². The Bertz CT molecular complexity index is 1690. The molecule has 1 heterocycles. The van der Waals surface area contributed by atoms with E-state index in [2.05, 4.69) is 0 Å². The highest BCUT2D eigenvalue weighted by atomic mass is 32.2. The topological polar surface area (TPSA) is 71.1 Å². The monoisotopic (exact) mass is 560 g/mol. The van der Waals surface area contributed by atoms with Gasteiger partial charge in [0, 0.05) is 10.1 Å². The average molecular weight is 561 g/mol. The van der Waals surface area contributed by atoms with Crippen molar-refractivity contribution < 1.29 is 27.4 Å². The van der Waals surface area contributed by atoms with Gasteiger partial charge in [-0.15, -0.1) is 11.3 Å². The molecular formula is C31H28O6S2. The molecule has 1 aromatic heterocycles. The van der Waals surface area contributed by atoms with Gasteiger partial charge in [-0.25, -0.2) is 8.42 Å². The van der Waals surface area contributed by atoms with Crippen LogP contribution in [0.15, 0.2) is 95.9 Å². The third-order valence-electron chi connectivity index (χ3n) is 6.23. The Morgan fingerprint density at radius 3 is 2.13 bits per heavy atom. The lowest BCUT2D eigenvalue weighted by Crippen LogP contribution is -2.14. The van der Waals surface area contributed by atoms with E-state index >= 15 is 0 Å². The van der Waals surface area contributed by atoms with Gasteiger partial charge in [0.25, 0.3) is 0 Å². The summed E-state index contributed by atoms with van der Waals surface area (Å²) in [6, 6.07) is 27.8. The molecule has 8 heteroatoms. The van der Waals surface area contributed by atoms with Crippen molar-refractivity contribution in [1.82, 2.24) is 0 Å². The first-order valence-electron chi connectivity index (χ1n) is 12.3. The number of thiophene rings is 1. The van der Waals surface area contributed by atoms with E-state index < -0.39 is 9.84 Å². The second-order valence-electron chi connectivity index (χ2n) is 8.91. The summed E-state index contributed by atoms with van der Waals surface area (Å²) in [7, 11) is -0.122. The lowest BCUT2D eigenvalue weighted by Gasteiger charge is -2.11. The van der Waals surface area contributed by atoms with Gasteiger partial charge in [-0.05, 0) is 79.2 Å². The fourth-order valence-corrected chi connectivity index (χ4v) is 6.33. The predicted octanol–water partition coefficient (Wildman–Crippen LogP) is 7.54. The zero-order valence-electron chi connectivity index (χ0n) is 21.8. The van der Waals surface area contributed by atoms with Crippen LogP contribution in [0, 0.1) is 6.92 Å². The average Bonchev–Trinajstić information content (AvgIpc) is 3.31. The fourth-order valence-electron chi connectivity index (χ4n) is 4.09. The Balaban J connectivity index is 1.34. The highest BCUT2D eigenvalue weighted by Crippen LogP contribution is 2.47. The molecule has 0 aliphatic rings. The van der Waals surface area contributed by atoms with Crippen molar-refractivity contribution in [2.45, 2.75) is 11.8 Å². The van der Waals surface area contributed by atoms with Gasteiger partial charge in [0.05, 0.1) is 29.7 Å². The summed E-state index contributed by atoms with van der Waals surface area (Å²) in [6.07, 6.45) is 0. The quantitative estimate of drug-likeness (QED) is 0.176. The van der Waals surface area contributed by atoms with Crippen molar-refractivity contribution in [2.24, 2.45) is 0 Å². The molecule has 0 saturated heterocycles. The molecule has 5 rings (SSSR count). The molecule has 0 bridgehead atoms. The maximum Gasteiger partial charge on any atom is 0.181 e. The molecule has 0 radical (unpaired) electrons. The van der Waals surface area contributed by atoms with Gasteiger partial charge < -0.3 is 18.9 Å². The van der Waals surface area contributed by atoms with Crippen LogP contribution < -0.4 is 18.9 Å². The molecule has 0 saturated carbocycles. The van der Waals surface area contributed by atoms with Crippen LogP contribution in [-0.2, 0) is 9.84 Å². The van der Waals surface area contributed by atoms with Gasteiger partial charge in [-0.3, -0.25) is 0 Å². The van der Waals surface area contributed by atoms with Crippen molar-refractivity contribution in [3.05, 3.63) is 96.6 Å². The number of aryl methyl sites for hydroxylation is 1. The molecule has 200 valence electrons. The van der Waals surface area contributed by atoms with E-state index in [0.29, 0.717) is 16.4 Å². The van der Waals surface area contributed by atoms with E-state index in [9.17, 15) is 8.42 Å². The molecule has 0 unspecified atom stereocenters. The van der Waals surface area contributed by atoms with E-state index in [1.165, 1.54) is 0 Å². The predicted molar refractivity (Wildman–Crippen MR) is 156 cm³/mol. The van der Waals surface area contributed by atoms with E-state index in [1.54, 1.807) is 62.0 Å². The standard InChI is InChI=1S/C31H28O6S2/c1-21-7-14-27(15-8-21)39(32,33)18-17-36-23-9-11-24(12-10-23)37-30-28-16-13-26(35-3)20-29(28)38-31(30)22-5-4-6-25(19-22)34-2/h4-16,19-20H,17-18H2,1-3H3. The summed E-state index contributed by atoms with van der Waals surface area (Å²) in [5.74, 6) is 3.37. The van der Waals surface area contributed by atoms with Crippen LogP contribution in [0.2, 0.25) is 0 Å². The molecule has 0 aliphatic heterocycles. The lowest BCUT2D eigenvalue weighted by molar-refractivity contribution is 0.340. The third kappa shape index (κ3) is 6.02. The second kappa shape index (κ2) is 11.4. The Morgan fingerprint density at radius 2 is 1.41 bits per heavy atom. The fraction of sp³-hybridized carbons (Fsp3) is 0.161. The van der Waals surface area contributed by atoms with Crippen LogP contribution in [0.3, 0.4) is 0 Å². The van der Waals surface area contributed by atoms with Crippen molar-refractivity contribution in [3.63, 3.8) is 0 Å². The number of benzene rings is 4. The van der Waals surface area contributed by atoms with Crippen LogP contribution in [0.4, 0.5) is 0 Å². The van der Waals surface area contributed by atoms with Gasteiger partial charge in [0.1, 0.15) is 29.6 Å². The number of sulfone groups is 1. The summed E-state index contributed by atoms with van der Waals surface area (Å²) in [5, 5.41) is 0.972. The van der Waals surface area contributed by atoms with Gasteiger partial charge in [-0.2, -0.15) is 0 Å². The maximum atomic E-state index is 12.6. The maximum absolute atomic E-state index is 12.6. The second-order valence-corrected chi connectivity index (χ2v) is 12.1. The van der Waals surface area contributed by atoms with E-state index in [0.717, 1.165) is 43.3 Å². The zero-order valence-corrected chi connectivity index (χ0v) is 23.5. The molecule has 0 fully saturated rings. The van der Waals surface area contributed by atoms with E-state index in [-0.39, 0.29) is 12.4 Å². The van der Waals surface area contributed by atoms with Crippen LogP contribution in [-0.4, -0.2) is 35.0 Å². The van der Waals surface area contributed by atoms with Crippen LogP contribution >= 0.6 is 11.3 Å². The smallest absolute Gasteiger partial charge is 0.181 e. The minimum atomic E-state index is -3.42. The van der Waals surface area contributed by atoms with Crippen LogP contribution in [0.25, 0.3) is 20.5 Å². The molecule has 5 aromatic rings. The molecule has 0 amide bonds. The Labute approximate surface area is 232 Å². The summed E-state index contributed by atoms with van der Waals surface area (Å²) >= 11 is 1.62. The van der Waals surface area contributed by atoms with Gasteiger partial charge in [0.2, 0.25) is 0 Å². The van der Waals surface area contributed by atoms with Crippen molar-refractivity contribution in [3.8, 4) is 39.2 Å². The number of hydrogen-bond donors (Lipinski definition) is 0. The zero-order chi connectivity index (χ0) is 27.4.